The van der Waals surface area contributed by atoms with Crippen LogP contribution in [-0.2, 0) is 10.8 Å². The Labute approximate surface area is 628 Å². The number of rotatable bonds is 5. The van der Waals surface area contributed by atoms with E-state index in [4.69, 9.17) is 4.42 Å². The molecule has 0 fully saturated rings. The molecule has 0 aliphatic heterocycles. The molecule has 24 rings (SSSR count). The van der Waals surface area contributed by atoms with Crippen molar-refractivity contribution >= 4 is 97.8 Å². The number of pyridine rings is 5. The van der Waals surface area contributed by atoms with Gasteiger partial charge in [-0.2, -0.15) is 0 Å². The molecular weight excluding hydrogens is 1350 g/mol. The van der Waals surface area contributed by atoms with E-state index in [0.29, 0.717) is 38.0 Å². The lowest BCUT2D eigenvalue weighted by atomic mass is 9.70. The minimum atomic E-state index is -0.457. The van der Waals surface area contributed by atoms with Gasteiger partial charge in [0.2, 0.25) is 0 Å². The highest BCUT2D eigenvalue weighted by Crippen LogP contribution is 2.63. The summed E-state index contributed by atoms with van der Waals surface area (Å²) in [5, 5.41) is 9.87. The van der Waals surface area contributed by atoms with Gasteiger partial charge in [-0.05, 0) is 186 Å². The zero-order valence-corrected chi connectivity index (χ0v) is 59.5. The third-order valence-electron chi connectivity index (χ3n) is 23.6. The number of hydrogen-bond acceptors (Lipinski definition) is 7. The Morgan fingerprint density at radius 3 is 1.24 bits per heavy atom. The van der Waals surface area contributed by atoms with Crippen molar-refractivity contribution in [2.75, 3.05) is 0 Å². The molecule has 15 aromatic carbocycles. The van der Waals surface area contributed by atoms with Crippen molar-refractivity contribution in [3.05, 3.63) is 409 Å². The number of para-hydroxylation sites is 1. The molecule has 0 radical (unpaired) electrons. The van der Waals surface area contributed by atoms with Crippen molar-refractivity contribution in [3.63, 3.8) is 0 Å². The third kappa shape index (κ3) is 8.81. The van der Waals surface area contributed by atoms with E-state index >= 15 is 0 Å². The predicted octanol–water partition coefficient (Wildman–Crippen LogP) is 21.9. The smallest absolute Gasteiger partial charge is 0.344 e. The zero-order chi connectivity index (χ0) is 73.4. The van der Waals surface area contributed by atoms with Gasteiger partial charge < -0.3 is 4.42 Å². The summed E-state index contributed by atoms with van der Waals surface area (Å²) in [6.45, 7) is 4.53. The maximum Gasteiger partial charge on any atom is 0.344 e. The van der Waals surface area contributed by atoms with Gasteiger partial charge in [0.1, 0.15) is 5.58 Å². The van der Waals surface area contributed by atoms with Crippen molar-refractivity contribution in [1.29, 1.82) is 0 Å². The standard InChI is InChI=1S/C39H22N2O.C32H19NO3.C29H20N2O/c42-38-29-13-8-17-34-37(29)36-23(22-40-34)9-7-18-35(36)41(38)24-19-20-28-27-12-3-6-16-32(27)39(33(28)21-24)30-14-4-1-10-25(30)26-11-2-5-15-31(26)39;34-31-25-16-22(20-10-4-1-5-11-20)17-26-29(25)30-27(33(31)24-14-8-3-9-15-24)18-23(19-28(30)36-32(26)35)21-12-6-2-7-13-21;1-29(2)22-10-4-3-8-19(22)20-14-13-18(15-23(20)29)31-25-12-5-7-17-16-30-24-11-6-9-21(28(31)32)27(24)26(17)25/h1-22H;1-19H;3-16H,1-2H3. The molecule has 110 heavy (non-hydrogen) atoms. The summed E-state index contributed by atoms with van der Waals surface area (Å²) >= 11 is 0. The van der Waals surface area contributed by atoms with Crippen LogP contribution in [0.25, 0.3) is 170 Å². The van der Waals surface area contributed by atoms with E-state index in [2.05, 4.69) is 175 Å². The summed E-state index contributed by atoms with van der Waals surface area (Å²) < 4.78 is 11.4. The van der Waals surface area contributed by atoms with Gasteiger partial charge in [0.25, 0.3) is 16.7 Å². The van der Waals surface area contributed by atoms with Crippen LogP contribution in [0.1, 0.15) is 47.2 Å². The summed E-state index contributed by atoms with van der Waals surface area (Å²) in [5.74, 6) is 0. The molecule has 0 bridgehead atoms. The molecule has 0 saturated carbocycles. The summed E-state index contributed by atoms with van der Waals surface area (Å²) in [7, 11) is 0. The van der Waals surface area contributed by atoms with E-state index in [9.17, 15) is 19.2 Å². The highest BCUT2D eigenvalue weighted by atomic mass is 16.4. The van der Waals surface area contributed by atoms with Crippen molar-refractivity contribution < 1.29 is 4.42 Å². The molecular formula is C100H61N5O5. The van der Waals surface area contributed by atoms with Crippen LogP contribution in [0.4, 0.5) is 0 Å². The number of aromatic nitrogens is 5. The second-order valence-electron chi connectivity index (χ2n) is 29.6. The first-order valence-electron chi connectivity index (χ1n) is 37.1. The molecule has 6 aromatic heterocycles. The van der Waals surface area contributed by atoms with Gasteiger partial charge in [-0.1, -0.05) is 238 Å². The van der Waals surface area contributed by atoms with E-state index < -0.39 is 11.0 Å². The quantitative estimate of drug-likeness (QED) is 0.124. The van der Waals surface area contributed by atoms with Crippen LogP contribution >= 0.6 is 0 Å². The van der Waals surface area contributed by atoms with Gasteiger partial charge in [0, 0.05) is 78.0 Å². The predicted molar refractivity (Wildman–Crippen MR) is 446 cm³/mol. The highest BCUT2D eigenvalue weighted by Gasteiger charge is 2.52. The van der Waals surface area contributed by atoms with Gasteiger partial charge in [-0.3, -0.25) is 38.1 Å². The van der Waals surface area contributed by atoms with Crippen LogP contribution < -0.4 is 22.3 Å². The van der Waals surface area contributed by atoms with Crippen LogP contribution in [0.15, 0.2) is 358 Å². The summed E-state index contributed by atoms with van der Waals surface area (Å²) in [6.07, 6.45) is 3.82. The van der Waals surface area contributed by atoms with Crippen LogP contribution in [-0.4, -0.2) is 23.7 Å². The fraction of sp³-hybridized carbons (Fsp3) is 0.0400. The Morgan fingerprint density at radius 2 is 0.700 bits per heavy atom. The Balaban J connectivity index is 0.000000103. The maximum absolute atomic E-state index is 14.4. The Bertz CT molecular complexity index is 7660. The molecule has 6 heterocycles. The fourth-order valence-electron chi connectivity index (χ4n) is 18.9. The molecule has 3 aliphatic carbocycles. The molecule has 0 amide bonds. The Kier molecular flexibility index (Phi) is 13.4. The van der Waals surface area contributed by atoms with E-state index in [1.165, 1.54) is 66.8 Å². The van der Waals surface area contributed by atoms with Crippen molar-refractivity contribution in [1.82, 2.24) is 23.7 Å². The number of fused-ring (bicyclic) bond motifs is 13. The second-order valence-corrected chi connectivity index (χ2v) is 29.6. The number of benzene rings is 15. The highest BCUT2D eigenvalue weighted by molar-refractivity contribution is 6.24. The molecule has 0 unspecified atom stereocenters. The Hall–Kier alpha value is -14.5. The van der Waals surface area contributed by atoms with Crippen LogP contribution in [0.3, 0.4) is 0 Å². The SMILES string of the molecule is CC1(C)c2ccccc2-c2ccc(-n3c(=O)c4cccc5ncc6cccc3c6c54)cc21.O=c1c2cccc3ncc4cccc(c4c32)n1-c1ccc2c(c1)C1(c3ccccc3-c3ccccc31)c1ccccc1-2.O=c1oc2cc(-c3ccccc3)cc3c2c2c1cc(-c1ccccc1)cc2c(=O)n3-c1ccccc1. The minimum absolute atomic E-state index is 0.00290. The topological polar surface area (TPSA) is 122 Å². The normalized spacial score (nSPS) is 13.3. The number of nitrogens with zero attached hydrogens (tertiary/aromatic N) is 5. The van der Waals surface area contributed by atoms with E-state index in [1.807, 2.05) is 191 Å². The van der Waals surface area contributed by atoms with E-state index in [0.717, 1.165) is 99.1 Å². The minimum Gasteiger partial charge on any atom is -0.422 e. The first-order chi connectivity index (χ1) is 54.0. The Morgan fingerprint density at radius 1 is 0.282 bits per heavy atom. The van der Waals surface area contributed by atoms with Crippen LogP contribution in [0.2, 0.25) is 0 Å². The largest absolute Gasteiger partial charge is 0.422 e. The molecule has 10 heteroatoms. The number of hydrogen-bond donors (Lipinski definition) is 0. The molecule has 0 atom stereocenters. The first-order valence-corrected chi connectivity index (χ1v) is 37.1. The van der Waals surface area contributed by atoms with Crippen LogP contribution in [0.5, 0.6) is 0 Å². The lowest BCUT2D eigenvalue weighted by molar-refractivity contribution is 0.570. The summed E-state index contributed by atoms with van der Waals surface area (Å²) in [5.41, 5.74) is 24.8. The van der Waals surface area contributed by atoms with Crippen molar-refractivity contribution in [2.24, 2.45) is 0 Å². The molecule has 1 spiro atoms. The zero-order valence-electron chi connectivity index (χ0n) is 59.5. The van der Waals surface area contributed by atoms with E-state index in [-0.39, 0.29) is 22.1 Å². The monoisotopic (exact) mass is 1410 g/mol. The first kappa shape index (κ1) is 62.9. The molecule has 0 N–H and O–H groups in total. The maximum atomic E-state index is 14.4. The molecule has 21 aromatic rings. The van der Waals surface area contributed by atoms with Crippen molar-refractivity contribution in [3.8, 4) is 72.7 Å². The van der Waals surface area contributed by atoms with E-state index in [1.54, 1.807) is 4.57 Å². The molecule has 0 saturated heterocycles. The van der Waals surface area contributed by atoms with Gasteiger partial charge in [-0.25, -0.2) is 4.79 Å². The van der Waals surface area contributed by atoms with Crippen LogP contribution in [0, 0.1) is 0 Å². The average molecular weight is 1410 g/mol. The molecule has 516 valence electrons. The molecule has 10 nitrogen and oxygen atoms in total. The van der Waals surface area contributed by atoms with Gasteiger partial charge in [0.15, 0.2) is 0 Å². The lowest BCUT2D eigenvalue weighted by Crippen LogP contribution is -2.26. The second kappa shape index (κ2) is 23.5. The summed E-state index contributed by atoms with van der Waals surface area (Å²) in [6, 6.07) is 109. The van der Waals surface area contributed by atoms with Gasteiger partial charge in [-0.15, -0.1) is 0 Å². The van der Waals surface area contributed by atoms with Crippen molar-refractivity contribution in [2.45, 2.75) is 24.7 Å². The fourth-order valence-corrected chi connectivity index (χ4v) is 18.9. The average Bonchev–Trinajstić information content (AvgIpc) is 1.49. The molecule has 3 aliphatic rings. The lowest BCUT2D eigenvalue weighted by Gasteiger charge is -2.30. The van der Waals surface area contributed by atoms with Gasteiger partial charge in [0.05, 0.1) is 54.5 Å². The third-order valence-corrected chi connectivity index (χ3v) is 23.6. The van der Waals surface area contributed by atoms with Gasteiger partial charge >= 0.3 is 5.63 Å². The summed E-state index contributed by atoms with van der Waals surface area (Å²) in [4.78, 5) is 64.9.